The number of carbonyl (C=O) groups excluding carboxylic acids is 2. The second kappa shape index (κ2) is 5.95. The fourth-order valence-electron chi connectivity index (χ4n) is 1.12. The van der Waals surface area contributed by atoms with Gasteiger partial charge in [0.25, 0.3) is 5.91 Å². The maximum Gasteiger partial charge on any atom is 0.387 e. The van der Waals surface area contributed by atoms with Crippen molar-refractivity contribution in [3.05, 3.63) is 29.8 Å². The monoisotopic (exact) mass is 259 g/mol. The largest absolute Gasteiger partial charge is 0.449 e. The van der Waals surface area contributed by atoms with E-state index in [1.807, 2.05) is 0 Å². The van der Waals surface area contributed by atoms with E-state index in [2.05, 4.69) is 9.47 Å². The van der Waals surface area contributed by atoms with Crippen LogP contribution in [0.5, 0.6) is 5.75 Å². The zero-order chi connectivity index (χ0) is 13.7. The van der Waals surface area contributed by atoms with Gasteiger partial charge in [-0.05, 0) is 19.1 Å². The maximum absolute atomic E-state index is 12.1. The van der Waals surface area contributed by atoms with Crippen LogP contribution < -0.4 is 10.5 Å². The molecule has 1 amide bonds. The highest BCUT2D eigenvalue weighted by atomic mass is 19.3. The minimum Gasteiger partial charge on any atom is -0.449 e. The van der Waals surface area contributed by atoms with E-state index in [0.717, 1.165) is 0 Å². The Hall–Kier alpha value is -2.18. The third-order valence-corrected chi connectivity index (χ3v) is 2.01. The molecule has 0 saturated carbocycles. The number of hydrogen-bond donors (Lipinski definition) is 1. The molecule has 0 bridgehead atoms. The van der Waals surface area contributed by atoms with E-state index in [-0.39, 0.29) is 11.3 Å². The molecule has 0 aliphatic rings. The van der Waals surface area contributed by atoms with Crippen molar-refractivity contribution in [2.24, 2.45) is 5.73 Å². The highest BCUT2D eigenvalue weighted by molar-refractivity contribution is 5.94. The standard InChI is InChI=1S/C11H11F2NO4/c1-6(9(14)15)17-10(16)7-4-2-3-5-8(7)18-11(12)13/h2-6,11H,1H3,(H2,14,15)/t6-/m1/s1. The van der Waals surface area contributed by atoms with Crippen LogP contribution in [0.2, 0.25) is 0 Å². The summed E-state index contributed by atoms with van der Waals surface area (Å²) in [6.07, 6.45) is -1.16. The number of primary amides is 1. The van der Waals surface area contributed by atoms with Crippen LogP contribution in [0.1, 0.15) is 17.3 Å². The van der Waals surface area contributed by atoms with Crippen LogP contribution in [0.15, 0.2) is 24.3 Å². The first-order chi connectivity index (χ1) is 8.41. The summed E-state index contributed by atoms with van der Waals surface area (Å²) in [5.41, 5.74) is 4.71. The van der Waals surface area contributed by atoms with E-state index in [1.165, 1.54) is 31.2 Å². The lowest BCUT2D eigenvalue weighted by molar-refractivity contribution is -0.125. The third-order valence-electron chi connectivity index (χ3n) is 2.01. The molecule has 0 aromatic heterocycles. The molecule has 0 unspecified atom stereocenters. The summed E-state index contributed by atoms with van der Waals surface area (Å²) >= 11 is 0. The molecular weight excluding hydrogens is 248 g/mol. The first-order valence-corrected chi connectivity index (χ1v) is 4.96. The molecule has 0 saturated heterocycles. The number of halogens is 2. The van der Waals surface area contributed by atoms with Gasteiger partial charge in [0.15, 0.2) is 6.10 Å². The highest BCUT2D eigenvalue weighted by Crippen LogP contribution is 2.21. The molecule has 5 nitrogen and oxygen atoms in total. The van der Waals surface area contributed by atoms with Gasteiger partial charge in [0.1, 0.15) is 11.3 Å². The third kappa shape index (κ3) is 3.69. The molecule has 7 heteroatoms. The van der Waals surface area contributed by atoms with Crippen molar-refractivity contribution >= 4 is 11.9 Å². The number of ether oxygens (including phenoxy) is 2. The number of amides is 1. The average molecular weight is 259 g/mol. The van der Waals surface area contributed by atoms with Crippen molar-refractivity contribution < 1.29 is 27.8 Å². The van der Waals surface area contributed by atoms with Crippen molar-refractivity contribution in [1.29, 1.82) is 0 Å². The van der Waals surface area contributed by atoms with E-state index in [4.69, 9.17) is 5.73 Å². The number of carbonyl (C=O) groups is 2. The number of alkyl halides is 2. The van der Waals surface area contributed by atoms with E-state index in [1.54, 1.807) is 0 Å². The zero-order valence-corrected chi connectivity index (χ0v) is 9.43. The number of rotatable bonds is 5. The van der Waals surface area contributed by atoms with Gasteiger partial charge in [-0.1, -0.05) is 12.1 Å². The summed E-state index contributed by atoms with van der Waals surface area (Å²) in [7, 11) is 0. The van der Waals surface area contributed by atoms with Crippen LogP contribution in [0.4, 0.5) is 8.78 Å². The molecule has 1 aromatic rings. The summed E-state index contributed by atoms with van der Waals surface area (Å²) < 4.78 is 33.1. The summed E-state index contributed by atoms with van der Waals surface area (Å²) in [6.45, 7) is -1.79. The Morgan fingerprint density at radius 3 is 2.44 bits per heavy atom. The van der Waals surface area contributed by atoms with Crippen molar-refractivity contribution in [3.63, 3.8) is 0 Å². The van der Waals surface area contributed by atoms with Crippen LogP contribution in [-0.4, -0.2) is 24.6 Å². The van der Waals surface area contributed by atoms with Crippen LogP contribution in [0.3, 0.4) is 0 Å². The average Bonchev–Trinajstić information content (AvgIpc) is 2.28. The predicted octanol–water partition coefficient (Wildman–Crippen LogP) is 1.32. The number of benzene rings is 1. The lowest BCUT2D eigenvalue weighted by atomic mass is 10.2. The molecule has 0 spiro atoms. The van der Waals surface area contributed by atoms with Gasteiger partial charge in [-0.25, -0.2) is 4.79 Å². The van der Waals surface area contributed by atoms with Gasteiger partial charge in [-0.2, -0.15) is 8.78 Å². The number of nitrogens with two attached hydrogens (primary N) is 1. The van der Waals surface area contributed by atoms with E-state index in [0.29, 0.717) is 0 Å². The number of hydrogen-bond acceptors (Lipinski definition) is 4. The lowest BCUT2D eigenvalue weighted by Gasteiger charge is -2.12. The molecule has 1 aromatic carbocycles. The normalized spacial score (nSPS) is 12.0. The van der Waals surface area contributed by atoms with Crippen molar-refractivity contribution in [2.45, 2.75) is 19.6 Å². The summed E-state index contributed by atoms with van der Waals surface area (Å²) in [4.78, 5) is 22.3. The molecule has 0 aliphatic heterocycles. The quantitative estimate of drug-likeness (QED) is 0.809. The zero-order valence-electron chi connectivity index (χ0n) is 9.43. The molecule has 2 N–H and O–H groups in total. The van der Waals surface area contributed by atoms with Crippen molar-refractivity contribution in [2.75, 3.05) is 0 Å². The van der Waals surface area contributed by atoms with Gasteiger partial charge in [0, 0.05) is 0 Å². The summed E-state index contributed by atoms with van der Waals surface area (Å²) in [5, 5.41) is 0. The Kier molecular flexibility index (Phi) is 4.59. The van der Waals surface area contributed by atoms with E-state index in [9.17, 15) is 18.4 Å². The first-order valence-electron chi connectivity index (χ1n) is 4.96. The Bertz CT molecular complexity index is 450. The van der Waals surface area contributed by atoms with Gasteiger partial charge >= 0.3 is 12.6 Å². The van der Waals surface area contributed by atoms with Crippen molar-refractivity contribution in [1.82, 2.24) is 0 Å². The molecule has 0 aliphatic carbocycles. The number of esters is 1. The van der Waals surface area contributed by atoms with Gasteiger partial charge in [0.2, 0.25) is 0 Å². The smallest absolute Gasteiger partial charge is 0.387 e. The molecule has 0 fully saturated rings. The molecule has 0 heterocycles. The molecule has 0 radical (unpaired) electrons. The second-order valence-electron chi connectivity index (χ2n) is 3.32. The van der Waals surface area contributed by atoms with Crippen LogP contribution in [0.25, 0.3) is 0 Å². The van der Waals surface area contributed by atoms with Crippen LogP contribution in [-0.2, 0) is 9.53 Å². The van der Waals surface area contributed by atoms with Crippen LogP contribution in [0, 0.1) is 0 Å². The Morgan fingerprint density at radius 1 is 1.28 bits per heavy atom. The van der Waals surface area contributed by atoms with E-state index < -0.39 is 24.6 Å². The van der Waals surface area contributed by atoms with Crippen LogP contribution >= 0.6 is 0 Å². The van der Waals surface area contributed by atoms with Gasteiger partial charge in [-0.15, -0.1) is 0 Å². The minimum atomic E-state index is -3.06. The van der Waals surface area contributed by atoms with Crippen molar-refractivity contribution in [3.8, 4) is 5.75 Å². The Morgan fingerprint density at radius 2 is 1.89 bits per heavy atom. The van der Waals surface area contributed by atoms with Gasteiger partial charge < -0.3 is 15.2 Å². The predicted molar refractivity (Wildman–Crippen MR) is 57.1 cm³/mol. The molecule has 1 atom stereocenters. The first kappa shape index (κ1) is 13.9. The van der Waals surface area contributed by atoms with Gasteiger partial charge in [0.05, 0.1) is 0 Å². The Labute approximate surface area is 101 Å². The second-order valence-corrected chi connectivity index (χ2v) is 3.32. The molecule has 1 rings (SSSR count). The molecule has 98 valence electrons. The SMILES string of the molecule is C[C@@H](OC(=O)c1ccccc1OC(F)F)C(N)=O. The molecule has 18 heavy (non-hydrogen) atoms. The van der Waals surface area contributed by atoms with Gasteiger partial charge in [-0.3, -0.25) is 4.79 Å². The fraction of sp³-hybridized carbons (Fsp3) is 0.273. The number of para-hydroxylation sites is 1. The van der Waals surface area contributed by atoms with E-state index >= 15 is 0 Å². The maximum atomic E-state index is 12.1. The molecular formula is C11H11F2NO4. The summed E-state index contributed by atoms with van der Waals surface area (Å²) in [6, 6.07) is 5.31. The fourth-order valence-corrected chi connectivity index (χ4v) is 1.12. The summed E-state index contributed by atoms with van der Waals surface area (Å²) in [5.74, 6) is -2.12. The highest BCUT2D eigenvalue weighted by Gasteiger charge is 2.20. The lowest BCUT2D eigenvalue weighted by Crippen LogP contribution is -2.30. The topological polar surface area (TPSA) is 78.6 Å². The Balaban J connectivity index is 2.88. The minimum absolute atomic E-state index is 0.203.